The van der Waals surface area contributed by atoms with Crippen molar-refractivity contribution in [3.8, 4) is 5.88 Å². The van der Waals surface area contributed by atoms with Crippen LogP contribution in [0.15, 0.2) is 30.6 Å². The van der Waals surface area contributed by atoms with Crippen LogP contribution in [0.4, 0.5) is 5.69 Å². The molecule has 2 N–H and O–H groups in total. The second kappa shape index (κ2) is 5.75. The second-order valence-corrected chi connectivity index (χ2v) is 3.34. The normalized spacial score (nSPS) is 10.7. The highest BCUT2D eigenvalue weighted by Crippen LogP contribution is 2.21. The molecule has 0 aliphatic rings. The molecule has 0 saturated heterocycles. The molecule has 0 spiro atoms. The van der Waals surface area contributed by atoms with Crippen LogP contribution in [0.5, 0.6) is 5.88 Å². The lowest BCUT2D eigenvalue weighted by atomic mass is 10.4. The van der Waals surface area contributed by atoms with Crippen molar-refractivity contribution in [2.45, 2.75) is 20.0 Å². The van der Waals surface area contributed by atoms with Crippen molar-refractivity contribution in [1.82, 2.24) is 4.98 Å². The van der Waals surface area contributed by atoms with Gasteiger partial charge in [0.15, 0.2) is 0 Å². The van der Waals surface area contributed by atoms with Crippen molar-refractivity contribution in [2.75, 3.05) is 5.32 Å². The van der Waals surface area contributed by atoms with E-state index in [0.717, 1.165) is 6.08 Å². The first-order chi connectivity index (χ1) is 7.59. The van der Waals surface area contributed by atoms with Crippen LogP contribution in [-0.4, -0.2) is 22.2 Å². The quantitative estimate of drug-likeness (QED) is 0.744. The van der Waals surface area contributed by atoms with Gasteiger partial charge in [-0.15, -0.1) is 0 Å². The molecule has 5 heteroatoms. The third-order valence-electron chi connectivity index (χ3n) is 1.58. The standard InChI is InChI=1S/C11H14N2O3/c1-8(2)16-11-9(4-3-6-13-11)12-7-5-10(14)15/h3-8,12H,1-2H3,(H,14,15)/b7-5+. The molecule has 0 fully saturated rings. The summed E-state index contributed by atoms with van der Waals surface area (Å²) < 4.78 is 5.45. The fraction of sp³-hybridized carbons (Fsp3) is 0.273. The number of nitrogens with one attached hydrogen (secondary N) is 1. The van der Waals surface area contributed by atoms with E-state index in [1.165, 1.54) is 6.20 Å². The number of carbonyl (C=O) groups is 1. The lowest BCUT2D eigenvalue weighted by Crippen LogP contribution is -2.08. The summed E-state index contributed by atoms with van der Waals surface area (Å²) in [5.41, 5.74) is 0.633. The van der Waals surface area contributed by atoms with E-state index in [1.54, 1.807) is 18.3 Å². The third kappa shape index (κ3) is 4.00. The van der Waals surface area contributed by atoms with Gasteiger partial charge >= 0.3 is 5.97 Å². The Labute approximate surface area is 93.8 Å². The number of aliphatic carboxylic acids is 1. The molecule has 1 aromatic rings. The first-order valence-corrected chi connectivity index (χ1v) is 4.87. The van der Waals surface area contributed by atoms with Crippen molar-refractivity contribution in [3.05, 3.63) is 30.6 Å². The summed E-state index contributed by atoms with van der Waals surface area (Å²) >= 11 is 0. The van der Waals surface area contributed by atoms with Crippen molar-refractivity contribution >= 4 is 11.7 Å². The van der Waals surface area contributed by atoms with Crippen molar-refractivity contribution in [3.63, 3.8) is 0 Å². The molecule has 16 heavy (non-hydrogen) atoms. The predicted molar refractivity (Wildman–Crippen MR) is 60.4 cm³/mol. The Balaban J connectivity index is 2.74. The Kier molecular flexibility index (Phi) is 4.32. The largest absolute Gasteiger partial charge is 0.478 e. The highest BCUT2D eigenvalue weighted by atomic mass is 16.5. The number of carboxylic acid groups (broad SMARTS) is 1. The number of hydrogen-bond acceptors (Lipinski definition) is 4. The average molecular weight is 222 g/mol. The summed E-state index contributed by atoms with van der Waals surface area (Å²) in [6.45, 7) is 3.79. The number of carboxylic acids is 1. The first kappa shape index (κ1) is 12.0. The second-order valence-electron chi connectivity index (χ2n) is 3.34. The maximum atomic E-state index is 10.3. The molecule has 1 rings (SSSR count). The van der Waals surface area contributed by atoms with Gasteiger partial charge in [0.25, 0.3) is 0 Å². The molecule has 0 aromatic carbocycles. The van der Waals surface area contributed by atoms with E-state index in [2.05, 4.69) is 10.3 Å². The highest BCUT2D eigenvalue weighted by molar-refractivity contribution is 5.80. The summed E-state index contributed by atoms with van der Waals surface area (Å²) in [6, 6.07) is 3.50. The number of aromatic nitrogens is 1. The summed E-state index contributed by atoms with van der Waals surface area (Å²) in [5.74, 6) is -0.560. The molecule has 1 heterocycles. The van der Waals surface area contributed by atoms with E-state index in [-0.39, 0.29) is 6.10 Å². The molecule has 0 radical (unpaired) electrons. The van der Waals surface area contributed by atoms with Crippen LogP contribution in [0.2, 0.25) is 0 Å². The molecule has 1 aromatic heterocycles. The maximum absolute atomic E-state index is 10.3. The number of nitrogens with zero attached hydrogens (tertiary/aromatic N) is 1. The summed E-state index contributed by atoms with van der Waals surface area (Å²) in [6.07, 6.45) is 3.96. The Morgan fingerprint density at radius 1 is 1.62 bits per heavy atom. The maximum Gasteiger partial charge on any atom is 0.329 e. The summed E-state index contributed by atoms with van der Waals surface area (Å²) in [7, 11) is 0. The molecule has 0 amide bonds. The molecule has 0 saturated carbocycles. The van der Waals surface area contributed by atoms with Gasteiger partial charge in [0, 0.05) is 18.5 Å². The molecular formula is C11H14N2O3. The SMILES string of the molecule is CC(C)Oc1ncccc1N/C=C/C(=O)O. The van der Waals surface area contributed by atoms with Gasteiger partial charge in [-0.25, -0.2) is 9.78 Å². The minimum atomic E-state index is -1.01. The van der Waals surface area contributed by atoms with Crippen LogP contribution in [0.25, 0.3) is 0 Å². The van der Waals surface area contributed by atoms with Crippen molar-refractivity contribution in [2.24, 2.45) is 0 Å². The Morgan fingerprint density at radius 3 is 3.00 bits per heavy atom. The van der Waals surface area contributed by atoms with Crippen LogP contribution in [0.3, 0.4) is 0 Å². The highest BCUT2D eigenvalue weighted by Gasteiger charge is 2.04. The predicted octanol–water partition coefficient (Wildman–Crippen LogP) is 1.88. The molecule has 5 nitrogen and oxygen atoms in total. The van der Waals surface area contributed by atoms with E-state index in [9.17, 15) is 4.79 Å². The zero-order valence-corrected chi connectivity index (χ0v) is 9.18. The molecule has 0 unspecified atom stereocenters. The van der Waals surface area contributed by atoms with Crippen LogP contribution in [0.1, 0.15) is 13.8 Å². The van der Waals surface area contributed by atoms with Crippen LogP contribution >= 0.6 is 0 Å². The van der Waals surface area contributed by atoms with Gasteiger partial charge < -0.3 is 15.2 Å². The minimum absolute atomic E-state index is 0.0129. The van der Waals surface area contributed by atoms with Gasteiger partial charge in [0.05, 0.1) is 6.10 Å². The van der Waals surface area contributed by atoms with Crippen molar-refractivity contribution < 1.29 is 14.6 Å². The van der Waals surface area contributed by atoms with Crippen LogP contribution < -0.4 is 10.1 Å². The number of rotatable bonds is 5. The zero-order chi connectivity index (χ0) is 12.0. The lowest BCUT2D eigenvalue weighted by Gasteiger charge is -2.12. The fourth-order valence-electron chi connectivity index (χ4n) is 1.02. The van der Waals surface area contributed by atoms with E-state index >= 15 is 0 Å². The van der Waals surface area contributed by atoms with Crippen LogP contribution in [0, 0.1) is 0 Å². The van der Waals surface area contributed by atoms with Crippen LogP contribution in [-0.2, 0) is 4.79 Å². The fourth-order valence-corrected chi connectivity index (χ4v) is 1.02. The molecule has 0 atom stereocenters. The average Bonchev–Trinajstić information content (AvgIpc) is 2.19. The Bertz CT molecular complexity index is 389. The van der Waals surface area contributed by atoms with E-state index < -0.39 is 5.97 Å². The topological polar surface area (TPSA) is 71.5 Å². The van der Waals surface area contributed by atoms with E-state index in [4.69, 9.17) is 9.84 Å². The third-order valence-corrected chi connectivity index (χ3v) is 1.58. The molecule has 86 valence electrons. The van der Waals surface area contributed by atoms with Gasteiger partial charge in [-0.05, 0) is 26.0 Å². The minimum Gasteiger partial charge on any atom is -0.478 e. The molecule has 0 aliphatic heterocycles. The summed E-state index contributed by atoms with van der Waals surface area (Å²) in [5, 5.41) is 11.2. The number of ether oxygens (including phenoxy) is 1. The zero-order valence-electron chi connectivity index (χ0n) is 9.18. The van der Waals surface area contributed by atoms with Gasteiger partial charge in [0.2, 0.25) is 5.88 Å². The molecule has 0 aliphatic carbocycles. The van der Waals surface area contributed by atoms with Gasteiger partial charge in [-0.2, -0.15) is 0 Å². The lowest BCUT2D eigenvalue weighted by molar-refractivity contribution is -0.131. The Hall–Kier alpha value is -2.04. The van der Waals surface area contributed by atoms with Gasteiger partial charge in [-0.3, -0.25) is 0 Å². The molecular weight excluding hydrogens is 208 g/mol. The monoisotopic (exact) mass is 222 g/mol. The summed E-state index contributed by atoms with van der Waals surface area (Å²) in [4.78, 5) is 14.3. The van der Waals surface area contributed by atoms with E-state index in [1.807, 2.05) is 13.8 Å². The van der Waals surface area contributed by atoms with E-state index in [0.29, 0.717) is 11.6 Å². The molecule has 0 bridgehead atoms. The smallest absolute Gasteiger partial charge is 0.329 e. The van der Waals surface area contributed by atoms with Gasteiger partial charge in [-0.1, -0.05) is 0 Å². The Morgan fingerprint density at radius 2 is 2.38 bits per heavy atom. The first-order valence-electron chi connectivity index (χ1n) is 4.87. The van der Waals surface area contributed by atoms with Gasteiger partial charge in [0.1, 0.15) is 5.69 Å². The number of pyridine rings is 1. The number of hydrogen-bond donors (Lipinski definition) is 2. The number of anilines is 1. The van der Waals surface area contributed by atoms with Crippen molar-refractivity contribution in [1.29, 1.82) is 0 Å².